The summed E-state index contributed by atoms with van der Waals surface area (Å²) in [4.78, 5) is 12.0. The van der Waals surface area contributed by atoms with Crippen LogP contribution in [0, 0.1) is 0 Å². The summed E-state index contributed by atoms with van der Waals surface area (Å²) in [6, 6.07) is 4.71. The Morgan fingerprint density at radius 1 is 1.22 bits per heavy atom. The second-order valence-electron chi connectivity index (χ2n) is 4.37. The van der Waals surface area contributed by atoms with Crippen LogP contribution in [0.15, 0.2) is 18.2 Å². The van der Waals surface area contributed by atoms with E-state index in [0.717, 1.165) is 25.7 Å². The van der Waals surface area contributed by atoms with E-state index in [0.29, 0.717) is 15.6 Å². The fourth-order valence-corrected chi connectivity index (χ4v) is 2.86. The standard InChI is InChI=1S/C13H13Cl3O2/c14-8-5-6-9(11(16)7-8)13(17)18-12-4-2-1-3-10(12)15/h5-7,10,12H,1-4H2. The van der Waals surface area contributed by atoms with Gasteiger partial charge in [-0.15, -0.1) is 11.6 Å². The Labute approximate surface area is 121 Å². The molecule has 1 aliphatic carbocycles. The highest BCUT2D eigenvalue weighted by molar-refractivity contribution is 6.36. The molecule has 1 fully saturated rings. The minimum Gasteiger partial charge on any atom is -0.457 e. The fraction of sp³-hybridized carbons (Fsp3) is 0.462. The van der Waals surface area contributed by atoms with Crippen LogP contribution in [-0.4, -0.2) is 17.5 Å². The van der Waals surface area contributed by atoms with E-state index in [-0.39, 0.29) is 11.5 Å². The Morgan fingerprint density at radius 3 is 2.61 bits per heavy atom. The molecule has 2 atom stereocenters. The average Bonchev–Trinajstić information content (AvgIpc) is 2.32. The Morgan fingerprint density at radius 2 is 1.94 bits per heavy atom. The smallest absolute Gasteiger partial charge is 0.339 e. The molecule has 1 aromatic carbocycles. The minimum absolute atomic E-state index is 0.103. The number of halogens is 3. The first-order chi connectivity index (χ1) is 8.58. The van der Waals surface area contributed by atoms with Crippen molar-refractivity contribution in [1.29, 1.82) is 0 Å². The van der Waals surface area contributed by atoms with Gasteiger partial charge in [0, 0.05) is 5.02 Å². The maximum atomic E-state index is 12.0. The SMILES string of the molecule is O=C(OC1CCCCC1Cl)c1ccc(Cl)cc1Cl. The normalized spacial score (nSPS) is 23.7. The van der Waals surface area contributed by atoms with E-state index in [1.54, 1.807) is 12.1 Å². The van der Waals surface area contributed by atoms with E-state index in [9.17, 15) is 4.79 Å². The minimum atomic E-state index is -0.436. The summed E-state index contributed by atoms with van der Waals surface area (Å²) in [6.07, 6.45) is 3.60. The van der Waals surface area contributed by atoms with Crippen LogP contribution < -0.4 is 0 Å². The molecule has 0 N–H and O–H groups in total. The van der Waals surface area contributed by atoms with Gasteiger partial charge in [-0.3, -0.25) is 0 Å². The van der Waals surface area contributed by atoms with Crippen LogP contribution in [0.1, 0.15) is 36.0 Å². The molecule has 18 heavy (non-hydrogen) atoms. The quantitative estimate of drug-likeness (QED) is 0.585. The van der Waals surface area contributed by atoms with E-state index >= 15 is 0 Å². The van der Waals surface area contributed by atoms with E-state index in [4.69, 9.17) is 39.5 Å². The second-order valence-corrected chi connectivity index (χ2v) is 5.77. The summed E-state index contributed by atoms with van der Waals surface area (Å²) in [5, 5.41) is 0.688. The van der Waals surface area contributed by atoms with Crippen LogP contribution in [0.4, 0.5) is 0 Å². The van der Waals surface area contributed by atoms with Gasteiger partial charge in [-0.05, 0) is 37.5 Å². The summed E-state index contributed by atoms with van der Waals surface area (Å²) < 4.78 is 5.41. The Kier molecular flexibility index (Phi) is 4.77. The molecule has 0 spiro atoms. The summed E-state index contributed by atoms with van der Waals surface area (Å²) in [6.45, 7) is 0. The lowest BCUT2D eigenvalue weighted by Gasteiger charge is -2.26. The van der Waals surface area contributed by atoms with Gasteiger partial charge >= 0.3 is 5.97 Å². The monoisotopic (exact) mass is 306 g/mol. The third-order valence-electron chi connectivity index (χ3n) is 3.03. The molecule has 2 rings (SSSR count). The van der Waals surface area contributed by atoms with Gasteiger partial charge in [0.1, 0.15) is 6.10 Å². The molecule has 5 heteroatoms. The Hall–Kier alpha value is -0.440. The van der Waals surface area contributed by atoms with E-state index in [2.05, 4.69) is 0 Å². The number of carbonyl (C=O) groups is 1. The first-order valence-corrected chi connectivity index (χ1v) is 7.07. The molecular weight excluding hydrogens is 294 g/mol. The summed E-state index contributed by atoms with van der Waals surface area (Å²) >= 11 is 17.9. The molecule has 98 valence electrons. The van der Waals surface area contributed by atoms with Crippen LogP contribution in [-0.2, 0) is 4.74 Å². The van der Waals surface area contributed by atoms with E-state index in [1.807, 2.05) is 0 Å². The number of hydrogen-bond donors (Lipinski definition) is 0. The van der Waals surface area contributed by atoms with E-state index < -0.39 is 5.97 Å². The van der Waals surface area contributed by atoms with Crippen LogP contribution in [0.3, 0.4) is 0 Å². The van der Waals surface area contributed by atoms with Gasteiger partial charge in [0.2, 0.25) is 0 Å². The van der Waals surface area contributed by atoms with Crippen molar-refractivity contribution in [2.75, 3.05) is 0 Å². The predicted octanol–water partition coefficient (Wildman–Crippen LogP) is 4.70. The first kappa shape index (κ1) is 14.0. The molecule has 0 bridgehead atoms. The number of hydrogen-bond acceptors (Lipinski definition) is 2. The van der Waals surface area contributed by atoms with Gasteiger partial charge in [0.15, 0.2) is 0 Å². The van der Waals surface area contributed by atoms with Crippen LogP contribution >= 0.6 is 34.8 Å². The molecular formula is C13H13Cl3O2. The molecule has 0 aromatic heterocycles. The molecule has 1 saturated carbocycles. The van der Waals surface area contributed by atoms with Crippen molar-refractivity contribution >= 4 is 40.8 Å². The zero-order valence-electron chi connectivity index (χ0n) is 9.67. The summed E-state index contributed by atoms with van der Waals surface area (Å²) in [5.41, 5.74) is 0.329. The Bertz CT molecular complexity index is 448. The van der Waals surface area contributed by atoms with Gasteiger partial charge in [0.05, 0.1) is 16.0 Å². The number of esters is 1. The van der Waals surface area contributed by atoms with Crippen molar-refractivity contribution in [3.8, 4) is 0 Å². The zero-order valence-corrected chi connectivity index (χ0v) is 11.9. The lowest BCUT2D eigenvalue weighted by Crippen LogP contribution is -2.30. The van der Waals surface area contributed by atoms with Crippen molar-refractivity contribution in [3.63, 3.8) is 0 Å². The lowest BCUT2D eigenvalue weighted by molar-refractivity contribution is 0.0223. The fourth-order valence-electron chi connectivity index (χ4n) is 2.04. The molecule has 0 heterocycles. The van der Waals surface area contributed by atoms with Crippen molar-refractivity contribution in [1.82, 2.24) is 0 Å². The maximum Gasteiger partial charge on any atom is 0.339 e. The molecule has 0 radical (unpaired) electrons. The van der Waals surface area contributed by atoms with Gasteiger partial charge in [-0.2, -0.15) is 0 Å². The number of benzene rings is 1. The van der Waals surface area contributed by atoms with Crippen molar-refractivity contribution in [3.05, 3.63) is 33.8 Å². The molecule has 1 aliphatic rings. The third-order valence-corrected chi connectivity index (χ3v) is 4.08. The highest BCUT2D eigenvalue weighted by Gasteiger charge is 2.27. The molecule has 1 aromatic rings. The largest absolute Gasteiger partial charge is 0.457 e. The highest BCUT2D eigenvalue weighted by Crippen LogP contribution is 2.28. The van der Waals surface area contributed by atoms with Crippen molar-refractivity contribution in [2.24, 2.45) is 0 Å². The second kappa shape index (κ2) is 6.14. The lowest BCUT2D eigenvalue weighted by atomic mass is 9.97. The number of ether oxygens (including phenoxy) is 1. The van der Waals surface area contributed by atoms with E-state index in [1.165, 1.54) is 6.07 Å². The van der Waals surface area contributed by atoms with Gasteiger partial charge in [0.25, 0.3) is 0 Å². The molecule has 0 saturated heterocycles. The van der Waals surface area contributed by atoms with Crippen LogP contribution in [0.5, 0.6) is 0 Å². The number of rotatable bonds is 2. The topological polar surface area (TPSA) is 26.3 Å². The van der Waals surface area contributed by atoms with Crippen LogP contribution in [0.25, 0.3) is 0 Å². The predicted molar refractivity (Wildman–Crippen MR) is 73.8 cm³/mol. The Balaban J connectivity index is 2.07. The molecule has 0 amide bonds. The van der Waals surface area contributed by atoms with Crippen LogP contribution in [0.2, 0.25) is 10.0 Å². The number of carbonyl (C=O) groups excluding carboxylic acids is 1. The molecule has 2 nitrogen and oxygen atoms in total. The molecule has 2 unspecified atom stereocenters. The maximum absolute atomic E-state index is 12.0. The number of alkyl halides is 1. The molecule has 0 aliphatic heterocycles. The summed E-state index contributed by atoms with van der Waals surface area (Å²) in [7, 11) is 0. The zero-order chi connectivity index (χ0) is 13.1. The van der Waals surface area contributed by atoms with Gasteiger partial charge in [-0.1, -0.05) is 29.6 Å². The van der Waals surface area contributed by atoms with Gasteiger partial charge < -0.3 is 4.74 Å². The average molecular weight is 308 g/mol. The first-order valence-electron chi connectivity index (χ1n) is 5.88. The highest BCUT2D eigenvalue weighted by atomic mass is 35.5. The van der Waals surface area contributed by atoms with Gasteiger partial charge in [-0.25, -0.2) is 4.79 Å². The summed E-state index contributed by atoms with van der Waals surface area (Å²) in [5.74, 6) is -0.436. The van der Waals surface area contributed by atoms with Crippen molar-refractivity contribution < 1.29 is 9.53 Å². The van der Waals surface area contributed by atoms with Crippen molar-refractivity contribution in [2.45, 2.75) is 37.2 Å². The third kappa shape index (κ3) is 3.31.